The van der Waals surface area contributed by atoms with Crippen LogP contribution in [0.3, 0.4) is 0 Å². The lowest BCUT2D eigenvalue weighted by Gasteiger charge is -2.13. The van der Waals surface area contributed by atoms with E-state index in [-0.39, 0.29) is 0 Å². The molecule has 1 saturated carbocycles. The van der Waals surface area contributed by atoms with E-state index in [0.29, 0.717) is 5.41 Å². The fraction of sp³-hybridized carbons (Fsp3) is 0.455. The van der Waals surface area contributed by atoms with Crippen molar-refractivity contribution in [2.75, 3.05) is 12.0 Å². The first-order valence-corrected chi connectivity index (χ1v) is 6.70. The van der Waals surface area contributed by atoms with Gasteiger partial charge in [-0.3, -0.25) is 0 Å². The molecule has 1 aromatic rings. The van der Waals surface area contributed by atoms with Gasteiger partial charge in [0.2, 0.25) is 0 Å². The molecule has 0 saturated heterocycles. The van der Waals surface area contributed by atoms with Crippen LogP contribution in [-0.2, 0) is 5.41 Å². The molecule has 2 rings (SSSR count). The van der Waals surface area contributed by atoms with Crippen molar-refractivity contribution in [1.29, 1.82) is 0 Å². The second-order valence-electron chi connectivity index (χ2n) is 3.72. The van der Waals surface area contributed by atoms with Gasteiger partial charge in [0.15, 0.2) is 0 Å². The molecule has 0 spiro atoms. The number of hydrogen-bond acceptors (Lipinski definition) is 1. The van der Waals surface area contributed by atoms with Crippen LogP contribution in [0, 0.1) is 0 Å². The van der Waals surface area contributed by atoms with Gasteiger partial charge in [0.05, 0.1) is 0 Å². The Kier molecular flexibility index (Phi) is 2.70. The molecular weight excluding hydrogens is 244 g/mol. The number of hydrogen-bond donors (Lipinski definition) is 0. The number of benzene rings is 1. The van der Waals surface area contributed by atoms with Crippen molar-refractivity contribution in [1.82, 2.24) is 0 Å². The summed E-state index contributed by atoms with van der Waals surface area (Å²) in [7, 11) is 0. The summed E-state index contributed by atoms with van der Waals surface area (Å²) in [5, 5.41) is 0. The van der Waals surface area contributed by atoms with Gasteiger partial charge in [-0.1, -0.05) is 28.1 Å². The Bertz CT molecular complexity index is 287. The lowest BCUT2D eigenvalue weighted by atomic mass is 9.99. The minimum atomic E-state index is 0.528. The van der Waals surface area contributed by atoms with Crippen LogP contribution in [-0.4, -0.2) is 12.0 Å². The third kappa shape index (κ3) is 1.94. The van der Waals surface area contributed by atoms with Crippen molar-refractivity contribution in [3.8, 4) is 0 Å². The number of halogens is 1. The zero-order valence-electron chi connectivity index (χ0n) is 7.72. The lowest BCUT2D eigenvalue weighted by Crippen LogP contribution is -2.09. The van der Waals surface area contributed by atoms with Crippen LogP contribution in [0.15, 0.2) is 28.7 Å². The fourth-order valence-electron chi connectivity index (χ4n) is 1.75. The molecule has 2 heteroatoms. The predicted molar refractivity (Wildman–Crippen MR) is 63.4 cm³/mol. The predicted octanol–water partition coefficient (Wildman–Crippen LogP) is 3.84. The van der Waals surface area contributed by atoms with Crippen molar-refractivity contribution in [2.45, 2.75) is 18.3 Å². The topological polar surface area (TPSA) is 0 Å². The van der Waals surface area contributed by atoms with Crippen LogP contribution >= 0.6 is 27.7 Å². The van der Waals surface area contributed by atoms with E-state index in [1.165, 1.54) is 28.6 Å². The second kappa shape index (κ2) is 3.66. The Labute approximate surface area is 92.2 Å². The summed E-state index contributed by atoms with van der Waals surface area (Å²) in [6.45, 7) is 0. The lowest BCUT2D eigenvalue weighted by molar-refractivity contribution is 0.803. The van der Waals surface area contributed by atoms with E-state index in [4.69, 9.17) is 0 Å². The van der Waals surface area contributed by atoms with Crippen LogP contribution < -0.4 is 0 Å². The minimum absolute atomic E-state index is 0.528. The van der Waals surface area contributed by atoms with Gasteiger partial charge in [-0.2, -0.15) is 11.8 Å². The monoisotopic (exact) mass is 256 g/mol. The molecule has 1 fully saturated rings. The van der Waals surface area contributed by atoms with Crippen LogP contribution in [0.2, 0.25) is 0 Å². The van der Waals surface area contributed by atoms with Crippen molar-refractivity contribution < 1.29 is 0 Å². The standard InChI is InChI=1S/C11H13BrS/c1-13-8-11(6-7-11)9-2-4-10(12)5-3-9/h2-5H,6-8H2,1H3. The smallest absolute Gasteiger partial charge is 0.0175 e. The molecule has 13 heavy (non-hydrogen) atoms. The van der Waals surface area contributed by atoms with E-state index in [9.17, 15) is 0 Å². The quantitative estimate of drug-likeness (QED) is 0.792. The van der Waals surface area contributed by atoms with Crippen LogP contribution in [0.1, 0.15) is 18.4 Å². The normalized spacial score (nSPS) is 18.6. The summed E-state index contributed by atoms with van der Waals surface area (Å²) >= 11 is 5.42. The summed E-state index contributed by atoms with van der Waals surface area (Å²) < 4.78 is 1.18. The maximum atomic E-state index is 3.47. The average molecular weight is 257 g/mol. The Morgan fingerprint density at radius 1 is 1.31 bits per heavy atom. The first-order chi connectivity index (χ1) is 6.27. The molecule has 1 aliphatic carbocycles. The van der Waals surface area contributed by atoms with E-state index >= 15 is 0 Å². The summed E-state index contributed by atoms with van der Waals surface area (Å²) in [4.78, 5) is 0. The van der Waals surface area contributed by atoms with Gasteiger partial charge in [0.25, 0.3) is 0 Å². The van der Waals surface area contributed by atoms with Gasteiger partial charge in [0, 0.05) is 15.6 Å². The van der Waals surface area contributed by atoms with E-state index in [1.54, 1.807) is 0 Å². The highest BCUT2D eigenvalue weighted by Crippen LogP contribution is 2.50. The number of rotatable bonds is 3. The van der Waals surface area contributed by atoms with Gasteiger partial charge in [-0.05, 0) is 36.8 Å². The second-order valence-corrected chi connectivity index (χ2v) is 5.50. The molecule has 0 aliphatic heterocycles. The molecule has 0 radical (unpaired) electrons. The molecule has 0 aromatic heterocycles. The summed E-state index contributed by atoms with van der Waals surface area (Å²) in [6, 6.07) is 8.81. The SMILES string of the molecule is CSCC1(c2ccc(Br)cc2)CC1. The number of thioether (sulfide) groups is 1. The van der Waals surface area contributed by atoms with Crippen LogP contribution in [0.5, 0.6) is 0 Å². The van der Waals surface area contributed by atoms with Crippen LogP contribution in [0.25, 0.3) is 0 Å². The first-order valence-electron chi connectivity index (χ1n) is 4.52. The molecule has 0 bridgehead atoms. The van der Waals surface area contributed by atoms with E-state index in [2.05, 4.69) is 46.5 Å². The van der Waals surface area contributed by atoms with Gasteiger partial charge in [0.1, 0.15) is 0 Å². The maximum Gasteiger partial charge on any atom is 0.0175 e. The van der Waals surface area contributed by atoms with E-state index < -0.39 is 0 Å². The van der Waals surface area contributed by atoms with Gasteiger partial charge in [-0.15, -0.1) is 0 Å². The van der Waals surface area contributed by atoms with Crippen molar-refractivity contribution in [3.05, 3.63) is 34.3 Å². The Balaban J connectivity index is 2.20. The minimum Gasteiger partial charge on any atom is -0.165 e. The van der Waals surface area contributed by atoms with E-state index in [1.807, 2.05) is 11.8 Å². The third-order valence-electron chi connectivity index (χ3n) is 2.73. The molecule has 1 aromatic carbocycles. The van der Waals surface area contributed by atoms with E-state index in [0.717, 1.165) is 0 Å². The highest BCUT2D eigenvalue weighted by Gasteiger charge is 2.43. The highest BCUT2D eigenvalue weighted by atomic mass is 79.9. The molecule has 0 amide bonds. The largest absolute Gasteiger partial charge is 0.165 e. The zero-order chi connectivity index (χ0) is 9.31. The summed E-state index contributed by atoms with van der Waals surface area (Å²) in [5.41, 5.74) is 2.05. The van der Waals surface area contributed by atoms with Crippen molar-refractivity contribution in [2.24, 2.45) is 0 Å². The Morgan fingerprint density at radius 2 is 1.92 bits per heavy atom. The average Bonchev–Trinajstić information content (AvgIpc) is 2.87. The summed E-state index contributed by atoms with van der Waals surface area (Å²) in [6.07, 6.45) is 4.93. The maximum absolute atomic E-state index is 3.47. The van der Waals surface area contributed by atoms with Crippen molar-refractivity contribution in [3.63, 3.8) is 0 Å². The molecule has 0 atom stereocenters. The molecule has 0 unspecified atom stereocenters. The van der Waals surface area contributed by atoms with Gasteiger partial charge >= 0.3 is 0 Å². The fourth-order valence-corrected chi connectivity index (χ4v) is 3.02. The molecule has 0 N–H and O–H groups in total. The molecule has 70 valence electrons. The van der Waals surface area contributed by atoms with Gasteiger partial charge in [-0.25, -0.2) is 0 Å². The zero-order valence-corrected chi connectivity index (χ0v) is 10.1. The molecule has 1 aliphatic rings. The molecule has 0 nitrogen and oxygen atoms in total. The third-order valence-corrected chi connectivity index (χ3v) is 4.10. The Hall–Kier alpha value is 0.0500. The van der Waals surface area contributed by atoms with Crippen molar-refractivity contribution >= 4 is 27.7 Å². The first kappa shape index (κ1) is 9.60. The van der Waals surface area contributed by atoms with Crippen LogP contribution in [0.4, 0.5) is 0 Å². The molecular formula is C11H13BrS. The Morgan fingerprint density at radius 3 is 2.38 bits per heavy atom. The highest BCUT2D eigenvalue weighted by molar-refractivity contribution is 9.10. The van der Waals surface area contributed by atoms with Gasteiger partial charge < -0.3 is 0 Å². The summed E-state index contributed by atoms with van der Waals surface area (Å²) in [5.74, 6) is 1.27. The molecule has 0 heterocycles.